The van der Waals surface area contributed by atoms with E-state index in [1.165, 1.54) is 120 Å². The fourth-order valence-corrected chi connectivity index (χ4v) is 13.3. The third-order valence-electron chi connectivity index (χ3n) is 13.5. The van der Waals surface area contributed by atoms with Crippen molar-refractivity contribution in [3.8, 4) is 0 Å². The molecule has 8 amide bonds. The molecule has 0 bridgehead atoms. The van der Waals surface area contributed by atoms with Gasteiger partial charge in [-0.1, -0.05) is 46.9 Å². The van der Waals surface area contributed by atoms with E-state index in [4.69, 9.17) is 0 Å². The Bertz CT molecular complexity index is 4000. The topological polar surface area (TPSA) is 209 Å². The van der Waals surface area contributed by atoms with Crippen LogP contribution in [-0.4, -0.2) is 65.6 Å². The lowest BCUT2D eigenvalue weighted by Gasteiger charge is -2.31. The van der Waals surface area contributed by atoms with Gasteiger partial charge in [-0.15, -0.1) is 0 Å². The van der Waals surface area contributed by atoms with Crippen molar-refractivity contribution < 1.29 is 46.8 Å². The third kappa shape index (κ3) is 5.71. The summed E-state index contributed by atoms with van der Waals surface area (Å²) in [6, 6.07) is 36.2. The quantitative estimate of drug-likeness (QED) is 0.143. The second-order valence-electron chi connectivity index (χ2n) is 17.3. The number of anilines is 4. The van der Waals surface area contributed by atoms with Crippen LogP contribution in [0.4, 0.5) is 21.6 Å². The number of benzene rings is 8. The summed E-state index contributed by atoms with van der Waals surface area (Å²) in [5.74, 6) is -5.60. The van der Waals surface area contributed by atoms with Gasteiger partial charge in [-0.05, 0) is 121 Å². The lowest BCUT2D eigenvalue weighted by Crippen LogP contribution is -2.43. The third-order valence-corrected chi connectivity index (χ3v) is 17.4. The van der Waals surface area contributed by atoms with Crippen molar-refractivity contribution in [3.63, 3.8) is 0 Å². The predicted octanol–water partition coefficient (Wildman–Crippen LogP) is 9.25. The predicted molar refractivity (Wildman–Crippen MR) is 270 cm³/mol. The van der Waals surface area contributed by atoms with Crippen LogP contribution in [0.2, 0.25) is 0 Å². The maximum absolute atomic E-state index is 14.2. The maximum atomic E-state index is 14.2. The van der Waals surface area contributed by atoms with Crippen molar-refractivity contribution in [2.75, 3.05) is 19.6 Å². The molecule has 0 saturated heterocycles. The van der Waals surface area contributed by atoms with Gasteiger partial charge in [0.05, 0.1) is 41.6 Å². The van der Waals surface area contributed by atoms with Gasteiger partial charge < -0.3 is 0 Å². The molecule has 0 fully saturated rings. The van der Waals surface area contributed by atoms with Gasteiger partial charge in [0.25, 0.3) is 47.3 Å². The van der Waals surface area contributed by atoms with E-state index in [-0.39, 0.29) is 97.5 Å². The van der Waals surface area contributed by atoms with E-state index in [9.17, 15) is 46.8 Å². The Balaban J connectivity index is 0.728. The summed E-state index contributed by atoms with van der Waals surface area (Å²) in [5, 5.41) is 1.05. The van der Waals surface area contributed by atoms with E-state index in [1.54, 1.807) is 24.3 Å². The number of fused-ring (bicyclic) bond motifs is 2. The number of hydrogen-bond donors (Lipinski definition) is 0. The minimum absolute atomic E-state index is 0.0550. The normalized spacial score (nSPS) is 15.3. The van der Waals surface area contributed by atoms with Crippen LogP contribution in [0.15, 0.2) is 155 Å². The highest BCUT2D eigenvalue weighted by atomic mass is 32.2. The fourth-order valence-electron chi connectivity index (χ4n) is 10.2. The van der Waals surface area contributed by atoms with Gasteiger partial charge >= 0.3 is 0 Å². The molecule has 19 heteroatoms. The van der Waals surface area contributed by atoms with Crippen LogP contribution in [-0.2, 0) is 9.84 Å². The Morgan fingerprint density at radius 2 is 0.575 bits per heavy atom. The molecule has 0 atom stereocenters. The first-order chi connectivity index (χ1) is 35.3. The van der Waals surface area contributed by atoms with E-state index in [2.05, 4.69) is 9.97 Å². The summed E-state index contributed by atoms with van der Waals surface area (Å²) < 4.78 is 29.7. The smallest absolute Gasteiger partial charge is 0.267 e. The molecular formula is C54H24N6O10S3. The van der Waals surface area contributed by atoms with E-state index in [0.717, 1.165) is 29.0 Å². The van der Waals surface area contributed by atoms with Gasteiger partial charge in [0.15, 0.2) is 0 Å². The molecule has 2 aromatic heterocycles. The number of aromatic nitrogens is 2. The molecule has 0 unspecified atom stereocenters. The van der Waals surface area contributed by atoms with Crippen molar-refractivity contribution in [1.29, 1.82) is 0 Å². The fraction of sp³-hybridized carbons (Fsp3) is 0. The second-order valence-corrected chi connectivity index (χ2v) is 21.3. The summed E-state index contributed by atoms with van der Waals surface area (Å²) in [6.45, 7) is 0. The summed E-state index contributed by atoms with van der Waals surface area (Å²) in [7, 11) is -4.27. The summed E-state index contributed by atoms with van der Waals surface area (Å²) >= 11 is 2.37. The number of thiazole rings is 2. The van der Waals surface area contributed by atoms with Crippen molar-refractivity contribution in [3.05, 3.63) is 190 Å². The number of imide groups is 4. The number of nitrogens with zero attached hydrogens (tertiary/aromatic N) is 6. The summed E-state index contributed by atoms with van der Waals surface area (Å²) in [4.78, 5) is 125. The summed E-state index contributed by atoms with van der Waals surface area (Å²) in [6.07, 6.45) is 0. The number of hydrogen-bond acceptors (Lipinski definition) is 14. The van der Waals surface area contributed by atoms with Gasteiger partial charge in [-0.3, -0.25) is 38.4 Å². The van der Waals surface area contributed by atoms with Crippen molar-refractivity contribution >= 4 is 143 Å². The van der Waals surface area contributed by atoms with Crippen LogP contribution >= 0.6 is 22.7 Å². The van der Waals surface area contributed by atoms with Gasteiger partial charge in [0.1, 0.15) is 0 Å². The molecule has 16 nitrogen and oxygen atoms in total. The zero-order valence-corrected chi connectivity index (χ0v) is 39.3. The Labute approximate surface area is 417 Å². The van der Waals surface area contributed by atoms with Gasteiger partial charge in [0, 0.05) is 66.1 Å². The van der Waals surface area contributed by atoms with E-state index < -0.39 is 57.1 Å². The zero-order valence-electron chi connectivity index (χ0n) is 36.8. The van der Waals surface area contributed by atoms with Crippen molar-refractivity contribution in [2.45, 2.75) is 9.79 Å². The van der Waals surface area contributed by atoms with Gasteiger partial charge in [-0.2, -0.15) is 0 Å². The second kappa shape index (κ2) is 14.8. The molecule has 348 valence electrons. The SMILES string of the molecule is O=C1c2ccc3c4c(ccc(c24)C(=O)N1c1ccc(S(=O)(=O)c2ccc(N4C(=O)c5ccc6c7c(ccc(c57)C4=O)C(=O)N(c4nc5ccccc5s4)C6=O)cc2)cc1)C(=O)N(c1nc2ccccc2s1)C3=O. The largest absolute Gasteiger partial charge is 0.268 e. The molecule has 4 aliphatic rings. The molecule has 6 heterocycles. The molecule has 4 aliphatic heterocycles. The van der Waals surface area contributed by atoms with Gasteiger partial charge in [0.2, 0.25) is 20.1 Å². The molecule has 0 spiro atoms. The highest BCUT2D eigenvalue weighted by Gasteiger charge is 2.44. The molecule has 0 aliphatic carbocycles. The molecule has 0 saturated carbocycles. The molecule has 0 N–H and O–H groups in total. The highest BCUT2D eigenvalue weighted by molar-refractivity contribution is 7.91. The van der Waals surface area contributed by atoms with Crippen LogP contribution in [0, 0.1) is 0 Å². The highest BCUT2D eigenvalue weighted by Crippen LogP contribution is 2.44. The molecule has 10 aromatic rings. The van der Waals surface area contributed by atoms with Crippen LogP contribution in [0.3, 0.4) is 0 Å². The minimum atomic E-state index is -4.27. The minimum Gasteiger partial charge on any atom is -0.268 e. The lowest BCUT2D eigenvalue weighted by molar-refractivity contribution is 0.0873. The number of rotatable bonds is 6. The molecule has 8 aromatic carbocycles. The Hall–Kier alpha value is -9.43. The number of carbonyl (C=O) groups is 8. The zero-order chi connectivity index (χ0) is 49.9. The Kier molecular flexibility index (Phi) is 8.61. The molecular weight excluding hydrogens is 989 g/mol. The first-order valence-corrected chi connectivity index (χ1v) is 25.3. The van der Waals surface area contributed by atoms with E-state index in [0.29, 0.717) is 11.0 Å². The first-order valence-electron chi connectivity index (χ1n) is 22.2. The number of sulfone groups is 1. The monoisotopic (exact) mass is 1010 g/mol. The molecule has 0 radical (unpaired) electrons. The molecule has 73 heavy (non-hydrogen) atoms. The van der Waals surface area contributed by atoms with Crippen LogP contribution in [0.1, 0.15) is 82.9 Å². The number of para-hydroxylation sites is 2. The Morgan fingerprint density at radius 1 is 0.315 bits per heavy atom. The summed E-state index contributed by atoms with van der Waals surface area (Å²) in [5.41, 5.74) is 2.09. The van der Waals surface area contributed by atoms with E-state index >= 15 is 0 Å². The van der Waals surface area contributed by atoms with Gasteiger partial charge in [-0.25, -0.2) is 38.0 Å². The maximum Gasteiger partial charge on any atom is 0.267 e. The standard InChI is InChI=1S/C54H24N6O10S3/c61-45-29-17-21-33-43-34(50(66)59(49(33)65)53-55-37-5-1-3-7-39(37)71-53)22-18-30(41(29)43)46(62)57(45)25-9-13-27(14-10-25)73(69,70)28-15-11-26(12-16-28)58-47(63)31-19-23-35-44-36(24-20-32(42(31)44)48(58)64)52(68)60(51(35)67)54-56-38-6-2-4-8-40(38)72-54/h1-24H. The van der Waals surface area contributed by atoms with Crippen molar-refractivity contribution in [1.82, 2.24) is 9.97 Å². The average molecular weight is 1010 g/mol. The van der Waals surface area contributed by atoms with Crippen LogP contribution < -0.4 is 19.6 Å². The average Bonchev–Trinajstić information content (AvgIpc) is 4.03. The van der Waals surface area contributed by atoms with Crippen molar-refractivity contribution in [2.24, 2.45) is 0 Å². The first kappa shape index (κ1) is 42.4. The number of carbonyl (C=O) groups excluding carboxylic acids is 8. The lowest BCUT2D eigenvalue weighted by atomic mass is 9.86. The van der Waals surface area contributed by atoms with Crippen LogP contribution in [0.25, 0.3) is 42.0 Å². The Morgan fingerprint density at radius 3 is 0.849 bits per heavy atom. The van der Waals surface area contributed by atoms with E-state index in [1.807, 2.05) is 24.3 Å². The molecule has 14 rings (SSSR count). The number of amides is 8. The van der Waals surface area contributed by atoms with Crippen LogP contribution in [0.5, 0.6) is 0 Å².